The lowest BCUT2D eigenvalue weighted by molar-refractivity contribution is -0.140. The first-order valence-electron chi connectivity index (χ1n) is 10.5. The Morgan fingerprint density at radius 2 is 1.47 bits per heavy atom. The van der Waals surface area contributed by atoms with Crippen molar-refractivity contribution in [1.82, 2.24) is 9.29 Å². The van der Waals surface area contributed by atoms with Crippen molar-refractivity contribution < 1.29 is 19.1 Å². The van der Waals surface area contributed by atoms with E-state index in [0.29, 0.717) is 25.2 Å². The SMILES string of the molecule is O=C(OCc1ccccc1)C1=CC2=Cc3cc(C(=O)OCc4ccccc4)cn3BN2C1. The van der Waals surface area contributed by atoms with Gasteiger partial charge in [-0.15, -0.1) is 0 Å². The summed E-state index contributed by atoms with van der Waals surface area (Å²) in [6.07, 6.45) is 5.62. The van der Waals surface area contributed by atoms with Crippen molar-refractivity contribution in [3.8, 4) is 0 Å². The van der Waals surface area contributed by atoms with E-state index in [4.69, 9.17) is 9.47 Å². The van der Waals surface area contributed by atoms with Crippen LogP contribution in [0.2, 0.25) is 0 Å². The van der Waals surface area contributed by atoms with Crippen LogP contribution in [0.1, 0.15) is 27.2 Å². The first-order chi connectivity index (χ1) is 15.7. The number of nitrogens with zero attached hydrogens (tertiary/aromatic N) is 2. The van der Waals surface area contributed by atoms with E-state index < -0.39 is 0 Å². The lowest BCUT2D eigenvalue weighted by Gasteiger charge is -2.25. The van der Waals surface area contributed by atoms with E-state index in [-0.39, 0.29) is 25.2 Å². The molecule has 0 N–H and O–H groups in total. The highest BCUT2D eigenvalue weighted by atomic mass is 16.5. The van der Waals surface area contributed by atoms with E-state index in [9.17, 15) is 9.59 Å². The molecule has 0 spiro atoms. The second-order valence-corrected chi connectivity index (χ2v) is 7.83. The molecule has 2 aromatic carbocycles. The normalized spacial score (nSPS) is 13.9. The molecule has 0 atom stereocenters. The molecule has 7 heteroatoms. The molecule has 0 saturated heterocycles. The third-order valence-electron chi connectivity index (χ3n) is 5.52. The fourth-order valence-corrected chi connectivity index (χ4v) is 3.84. The zero-order valence-electron chi connectivity index (χ0n) is 17.4. The molecule has 0 radical (unpaired) electrons. The first-order valence-corrected chi connectivity index (χ1v) is 10.5. The van der Waals surface area contributed by atoms with E-state index in [1.165, 1.54) is 0 Å². The van der Waals surface area contributed by atoms with Crippen LogP contribution in [0.4, 0.5) is 0 Å². The molecule has 158 valence electrons. The molecule has 2 aliphatic heterocycles. The van der Waals surface area contributed by atoms with E-state index in [1.54, 1.807) is 6.20 Å². The Morgan fingerprint density at radius 1 is 0.844 bits per heavy atom. The van der Waals surface area contributed by atoms with Crippen molar-refractivity contribution in [2.75, 3.05) is 6.54 Å². The highest BCUT2D eigenvalue weighted by molar-refractivity contribution is 6.33. The van der Waals surface area contributed by atoms with E-state index >= 15 is 0 Å². The number of carbonyl (C=O) groups excluding carboxylic acids is 2. The van der Waals surface area contributed by atoms with Crippen LogP contribution in [-0.2, 0) is 27.5 Å². The lowest BCUT2D eigenvalue weighted by Crippen LogP contribution is -2.33. The van der Waals surface area contributed by atoms with E-state index in [1.807, 2.05) is 83.4 Å². The van der Waals surface area contributed by atoms with Gasteiger partial charge in [0.2, 0.25) is 0 Å². The van der Waals surface area contributed by atoms with Gasteiger partial charge in [-0.2, -0.15) is 0 Å². The van der Waals surface area contributed by atoms with Gasteiger partial charge in [0, 0.05) is 24.1 Å². The second kappa shape index (κ2) is 8.63. The molecule has 1 aromatic heterocycles. The van der Waals surface area contributed by atoms with Crippen LogP contribution in [-0.4, -0.2) is 35.3 Å². The average Bonchev–Trinajstić information content (AvgIpc) is 3.44. The predicted molar refractivity (Wildman–Crippen MR) is 122 cm³/mol. The number of benzene rings is 2. The monoisotopic (exact) mass is 424 g/mol. The number of fused-ring (bicyclic) bond motifs is 2. The van der Waals surface area contributed by atoms with Gasteiger partial charge < -0.3 is 18.8 Å². The largest absolute Gasteiger partial charge is 0.457 e. The van der Waals surface area contributed by atoms with Crippen molar-refractivity contribution in [2.45, 2.75) is 13.2 Å². The third-order valence-corrected chi connectivity index (χ3v) is 5.52. The van der Waals surface area contributed by atoms with Crippen molar-refractivity contribution in [2.24, 2.45) is 0 Å². The summed E-state index contributed by atoms with van der Waals surface area (Å²) in [4.78, 5) is 27.0. The summed E-state index contributed by atoms with van der Waals surface area (Å²) in [6, 6.07) is 21.0. The van der Waals surface area contributed by atoms with Crippen LogP contribution in [0.5, 0.6) is 0 Å². The molecule has 3 aromatic rings. The minimum Gasteiger partial charge on any atom is -0.457 e. The topological polar surface area (TPSA) is 60.8 Å². The average molecular weight is 424 g/mol. The molecule has 2 aliphatic rings. The molecule has 0 unspecified atom stereocenters. The van der Waals surface area contributed by atoms with Gasteiger partial charge >= 0.3 is 19.5 Å². The lowest BCUT2D eigenvalue weighted by atomic mass is 10.0. The summed E-state index contributed by atoms with van der Waals surface area (Å²) >= 11 is 0. The number of rotatable bonds is 6. The van der Waals surface area contributed by atoms with Crippen LogP contribution in [0.15, 0.2) is 90.3 Å². The Hall–Kier alpha value is -4.00. The number of allylic oxidation sites excluding steroid dienone is 1. The standard InChI is InChI=1S/C25H21BN2O4/c29-24(31-16-18-7-3-1-4-8-18)20-11-22-13-23-12-21(15-28(23)26-27(22)14-20)25(30)32-17-19-9-5-2-6-10-19/h1-14,26H,15-17H2. The van der Waals surface area contributed by atoms with Gasteiger partial charge in [0.15, 0.2) is 0 Å². The van der Waals surface area contributed by atoms with Gasteiger partial charge in [0.25, 0.3) is 0 Å². The van der Waals surface area contributed by atoms with Crippen LogP contribution in [0, 0.1) is 0 Å². The molecule has 3 heterocycles. The first kappa shape index (κ1) is 19.9. The molecule has 0 bridgehead atoms. The van der Waals surface area contributed by atoms with Crippen molar-refractivity contribution in [1.29, 1.82) is 0 Å². The molecule has 5 rings (SSSR count). The van der Waals surface area contributed by atoms with Gasteiger partial charge in [-0.3, -0.25) is 0 Å². The minimum absolute atomic E-state index is 0.241. The molecule has 6 nitrogen and oxygen atoms in total. The Kier molecular flexibility index (Phi) is 5.38. The van der Waals surface area contributed by atoms with Gasteiger partial charge in [0.05, 0.1) is 11.1 Å². The van der Waals surface area contributed by atoms with Gasteiger partial charge in [0.1, 0.15) is 13.2 Å². The summed E-state index contributed by atoms with van der Waals surface area (Å²) in [5.41, 5.74) is 4.88. The summed E-state index contributed by atoms with van der Waals surface area (Å²) < 4.78 is 12.9. The summed E-state index contributed by atoms with van der Waals surface area (Å²) in [5.74, 6) is -0.658. The van der Waals surface area contributed by atoms with Crippen LogP contribution in [0.3, 0.4) is 0 Å². The maximum Gasteiger partial charge on any atom is 0.361 e. The molecule has 32 heavy (non-hydrogen) atoms. The van der Waals surface area contributed by atoms with Gasteiger partial charge in [-0.05, 0) is 29.3 Å². The fraction of sp³-hybridized carbons (Fsp3) is 0.120. The quantitative estimate of drug-likeness (QED) is 0.449. The number of hydrogen-bond acceptors (Lipinski definition) is 5. The smallest absolute Gasteiger partial charge is 0.361 e. The van der Waals surface area contributed by atoms with Crippen molar-refractivity contribution >= 4 is 25.6 Å². The summed E-state index contributed by atoms with van der Waals surface area (Å²) in [5, 5.41) is 0. The minimum atomic E-state index is -0.352. The second-order valence-electron chi connectivity index (χ2n) is 7.83. The van der Waals surface area contributed by atoms with Gasteiger partial charge in [-0.25, -0.2) is 9.59 Å². The third kappa shape index (κ3) is 4.23. The van der Waals surface area contributed by atoms with E-state index in [0.717, 1.165) is 22.5 Å². The van der Waals surface area contributed by atoms with Crippen LogP contribution >= 0.6 is 0 Å². The van der Waals surface area contributed by atoms with Crippen molar-refractivity contribution in [3.63, 3.8) is 0 Å². The Balaban J connectivity index is 1.23. The molecule has 0 aliphatic carbocycles. The predicted octanol–water partition coefficient (Wildman–Crippen LogP) is 3.30. The zero-order chi connectivity index (χ0) is 21.9. The van der Waals surface area contributed by atoms with Gasteiger partial charge in [-0.1, -0.05) is 60.7 Å². The maximum absolute atomic E-state index is 12.5. The number of aromatic nitrogens is 1. The summed E-state index contributed by atoms with van der Waals surface area (Å²) in [6.45, 7) is 0.972. The van der Waals surface area contributed by atoms with E-state index in [2.05, 4.69) is 4.81 Å². The molecule has 0 amide bonds. The maximum atomic E-state index is 12.5. The highest BCUT2D eigenvalue weighted by Gasteiger charge is 2.29. The number of hydrogen-bond donors (Lipinski definition) is 0. The highest BCUT2D eigenvalue weighted by Crippen LogP contribution is 2.27. The molecular weight excluding hydrogens is 403 g/mol. The van der Waals surface area contributed by atoms with Crippen molar-refractivity contribution in [3.05, 3.63) is 113 Å². The number of carbonyl (C=O) groups is 2. The molecule has 0 saturated carbocycles. The Labute approximate surface area is 186 Å². The van der Waals surface area contributed by atoms with Crippen LogP contribution < -0.4 is 0 Å². The Bertz CT molecular complexity index is 1220. The zero-order valence-corrected chi connectivity index (χ0v) is 17.4. The van der Waals surface area contributed by atoms with Crippen LogP contribution in [0.25, 0.3) is 6.08 Å². The fourth-order valence-electron chi connectivity index (χ4n) is 3.84. The number of esters is 2. The Morgan fingerprint density at radius 3 is 2.12 bits per heavy atom. The molecule has 0 fully saturated rings. The number of ether oxygens (including phenoxy) is 2. The molecular formula is C25H21BN2O4. The summed E-state index contributed by atoms with van der Waals surface area (Å²) in [7, 11) is 0.555.